The minimum absolute atomic E-state index is 0.854. The lowest BCUT2D eigenvalue weighted by Crippen LogP contribution is -2.11. The van der Waals surface area contributed by atoms with Crippen LogP contribution in [0, 0.1) is 6.92 Å². The fourth-order valence-electron chi connectivity index (χ4n) is 1.93. The molecular formula is C14H18N2O. The molecule has 0 radical (unpaired) electrons. The molecule has 0 aliphatic heterocycles. The molecule has 0 bridgehead atoms. The number of pyridine rings is 1. The zero-order chi connectivity index (χ0) is 12.3. The third-order valence-electron chi connectivity index (χ3n) is 2.96. The second kappa shape index (κ2) is 5.15. The molecule has 1 N–H and O–H groups in total. The van der Waals surface area contributed by atoms with Crippen LogP contribution in [-0.2, 0) is 6.42 Å². The van der Waals surface area contributed by atoms with E-state index in [0.717, 1.165) is 29.9 Å². The van der Waals surface area contributed by atoms with Gasteiger partial charge in [0.2, 0.25) is 0 Å². The lowest BCUT2D eigenvalue weighted by molar-refractivity contribution is 0.415. The molecule has 3 heteroatoms. The van der Waals surface area contributed by atoms with Crippen LogP contribution in [0.15, 0.2) is 24.3 Å². The van der Waals surface area contributed by atoms with Crippen LogP contribution in [0.2, 0.25) is 0 Å². The van der Waals surface area contributed by atoms with Crippen LogP contribution in [0.3, 0.4) is 0 Å². The molecule has 0 aliphatic carbocycles. The molecule has 2 aromatic rings. The molecule has 0 fully saturated rings. The summed E-state index contributed by atoms with van der Waals surface area (Å²) >= 11 is 0. The second-order valence-corrected chi connectivity index (χ2v) is 4.15. The number of benzene rings is 1. The summed E-state index contributed by atoms with van der Waals surface area (Å²) in [5.41, 5.74) is 3.40. The second-order valence-electron chi connectivity index (χ2n) is 4.15. The molecule has 0 atom stereocenters. The van der Waals surface area contributed by atoms with Crippen molar-refractivity contribution in [2.75, 3.05) is 20.7 Å². The molecule has 2 rings (SSSR count). The van der Waals surface area contributed by atoms with Crippen molar-refractivity contribution in [2.24, 2.45) is 0 Å². The molecule has 0 amide bonds. The van der Waals surface area contributed by atoms with Crippen LogP contribution in [-0.4, -0.2) is 25.7 Å². The number of hydrogen-bond donors (Lipinski definition) is 1. The molecule has 0 saturated carbocycles. The quantitative estimate of drug-likeness (QED) is 0.875. The van der Waals surface area contributed by atoms with E-state index in [-0.39, 0.29) is 0 Å². The Morgan fingerprint density at radius 2 is 2.12 bits per heavy atom. The van der Waals surface area contributed by atoms with Crippen molar-refractivity contribution in [1.82, 2.24) is 10.3 Å². The summed E-state index contributed by atoms with van der Waals surface area (Å²) in [6.07, 6.45) is 1.01. The van der Waals surface area contributed by atoms with Crippen molar-refractivity contribution in [2.45, 2.75) is 13.3 Å². The van der Waals surface area contributed by atoms with Gasteiger partial charge < -0.3 is 10.1 Å². The van der Waals surface area contributed by atoms with Crippen LogP contribution in [0.1, 0.15) is 11.3 Å². The van der Waals surface area contributed by atoms with Crippen molar-refractivity contribution in [3.63, 3.8) is 0 Å². The van der Waals surface area contributed by atoms with Crippen LogP contribution < -0.4 is 10.1 Å². The number of rotatable bonds is 4. The van der Waals surface area contributed by atoms with E-state index < -0.39 is 0 Å². The first kappa shape index (κ1) is 11.9. The molecule has 90 valence electrons. The largest absolute Gasteiger partial charge is 0.497 e. The Kier molecular flexibility index (Phi) is 3.59. The van der Waals surface area contributed by atoms with Crippen molar-refractivity contribution < 1.29 is 4.74 Å². The number of aromatic nitrogens is 1. The number of likely N-dealkylation sites (N-methyl/N-ethyl adjacent to an activating group) is 1. The normalized spacial score (nSPS) is 10.8. The van der Waals surface area contributed by atoms with Crippen molar-refractivity contribution >= 4 is 10.9 Å². The van der Waals surface area contributed by atoms with Gasteiger partial charge in [0, 0.05) is 17.1 Å². The molecule has 0 saturated heterocycles. The molecule has 1 aromatic heterocycles. The smallest absolute Gasteiger partial charge is 0.121 e. The third-order valence-corrected chi connectivity index (χ3v) is 2.96. The first-order valence-electron chi connectivity index (χ1n) is 5.83. The molecule has 0 unspecified atom stereocenters. The fourth-order valence-corrected chi connectivity index (χ4v) is 1.93. The maximum atomic E-state index is 5.21. The number of nitrogens with one attached hydrogen (secondary N) is 1. The molecule has 0 spiro atoms. The molecule has 1 aromatic carbocycles. The first-order chi connectivity index (χ1) is 8.24. The summed E-state index contributed by atoms with van der Waals surface area (Å²) in [4.78, 5) is 4.63. The third kappa shape index (κ3) is 2.56. The summed E-state index contributed by atoms with van der Waals surface area (Å²) in [6.45, 7) is 3.04. The van der Waals surface area contributed by atoms with Crippen molar-refractivity contribution in [3.05, 3.63) is 35.5 Å². The maximum Gasteiger partial charge on any atom is 0.121 e. The Hall–Kier alpha value is -1.61. The Bertz CT molecular complexity index is 523. The van der Waals surface area contributed by atoms with Gasteiger partial charge in [0.15, 0.2) is 0 Å². The van der Waals surface area contributed by atoms with Gasteiger partial charge in [-0.1, -0.05) is 0 Å². The number of fused-ring (bicyclic) bond motifs is 1. The summed E-state index contributed by atoms with van der Waals surface area (Å²) in [5.74, 6) is 0.854. The Balaban J connectivity index is 2.43. The van der Waals surface area contributed by atoms with E-state index in [1.54, 1.807) is 7.11 Å². The SMILES string of the molecule is CNCCc1cc2ccc(OC)cc2nc1C. The standard InChI is InChI=1S/C14H18N2O/c1-10-11(6-7-15-2)8-12-4-5-13(17-3)9-14(12)16-10/h4-5,8-9,15H,6-7H2,1-3H3. The van der Waals surface area contributed by atoms with E-state index in [4.69, 9.17) is 4.74 Å². The van der Waals surface area contributed by atoms with Crippen LogP contribution in [0.4, 0.5) is 0 Å². The van der Waals surface area contributed by atoms with Crippen molar-refractivity contribution in [1.29, 1.82) is 0 Å². The first-order valence-corrected chi connectivity index (χ1v) is 5.83. The lowest BCUT2D eigenvalue weighted by atomic mass is 10.1. The van der Waals surface area contributed by atoms with Gasteiger partial charge in [-0.15, -0.1) is 0 Å². The Labute approximate surface area is 102 Å². The molecule has 0 aliphatic rings. The van der Waals surface area contributed by atoms with Crippen LogP contribution in [0.25, 0.3) is 10.9 Å². The number of aryl methyl sites for hydroxylation is 1. The van der Waals surface area contributed by atoms with E-state index in [0.29, 0.717) is 0 Å². The summed E-state index contributed by atoms with van der Waals surface area (Å²) < 4.78 is 5.21. The van der Waals surface area contributed by atoms with Crippen molar-refractivity contribution in [3.8, 4) is 5.75 Å². The van der Waals surface area contributed by atoms with Gasteiger partial charge in [0.1, 0.15) is 5.75 Å². The summed E-state index contributed by atoms with van der Waals surface area (Å²) in [5, 5.41) is 4.33. The van der Waals surface area contributed by atoms with Gasteiger partial charge in [0.05, 0.1) is 12.6 Å². The highest BCUT2D eigenvalue weighted by atomic mass is 16.5. The van der Waals surface area contributed by atoms with Crippen LogP contribution in [0.5, 0.6) is 5.75 Å². The monoisotopic (exact) mass is 230 g/mol. The summed E-state index contributed by atoms with van der Waals surface area (Å²) in [6, 6.07) is 8.23. The van der Waals surface area contributed by atoms with E-state index in [1.165, 1.54) is 10.9 Å². The number of methoxy groups -OCH3 is 1. The lowest BCUT2D eigenvalue weighted by Gasteiger charge is -2.08. The zero-order valence-corrected chi connectivity index (χ0v) is 10.6. The number of ether oxygens (including phenoxy) is 1. The maximum absolute atomic E-state index is 5.21. The highest BCUT2D eigenvalue weighted by Crippen LogP contribution is 2.21. The molecule has 17 heavy (non-hydrogen) atoms. The topological polar surface area (TPSA) is 34.1 Å². The average molecular weight is 230 g/mol. The highest BCUT2D eigenvalue weighted by Gasteiger charge is 2.04. The highest BCUT2D eigenvalue weighted by molar-refractivity contribution is 5.81. The Morgan fingerprint density at radius 1 is 1.29 bits per heavy atom. The van der Waals surface area contributed by atoms with Gasteiger partial charge in [-0.2, -0.15) is 0 Å². The van der Waals surface area contributed by atoms with E-state index in [2.05, 4.69) is 29.4 Å². The van der Waals surface area contributed by atoms with Gasteiger partial charge in [-0.05, 0) is 50.7 Å². The molecule has 1 heterocycles. The predicted octanol–water partition coefficient (Wildman–Crippen LogP) is 2.31. The average Bonchev–Trinajstić information content (AvgIpc) is 2.35. The van der Waals surface area contributed by atoms with E-state index in [9.17, 15) is 0 Å². The number of hydrogen-bond acceptors (Lipinski definition) is 3. The van der Waals surface area contributed by atoms with Gasteiger partial charge in [0.25, 0.3) is 0 Å². The van der Waals surface area contributed by atoms with E-state index >= 15 is 0 Å². The fraction of sp³-hybridized carbons (Fsp3) is 0.357. The minimum atomic E-state index is 0.854. The van der Waals surface area contributed by atoms with Crippen LogP contribution >= 0.6 is 0 Å². The van der Waals surface area contributed by atoms with E-state index in [1.807, 2.05) is 19.2 Å². The summed E-state index contributed by atoms with van der Waals surface area (Å²) in [7, 11) is 3.64. The molecule has 3 nitrogen and oxygen atoms in total. The van der Waals surface area contributed by atoms with Gasteiger partial charge in [-0.3, -0.25) is 4.98 Å². The Morgan fingerprint density at radius 3 is 2.82 bits per heavy atom. The number of nitrogens with zero attached hydrogens (tertiary/aromatic N) is 1. The van der Waals surface area contributed by atoms with Gasteiger partial charge in [-0.25, -0.2) is 0 Å². The predicted molar refractivity (Wildman–Crippen MR) is 70.7 cm³/mol. The van der Waals surface area contributed by atoms with Gasteiger partial charge >= 0.3 is 0 Å². The molecular weight excluding hydrogens is 212 g/mol. The minimum Gasteiger partial charge on any atom is -0.497 e. The zero-order valence-electron chi connectivity index (χ0n) is 10.6.